The van der Waals surface area contributed by atoms with Crippen LogP contribution in [0.5, 0.6) is 0 Å². The molecule has 82 valence electrons. The molecular weight excluding hydrogens is 198 g/mol. The van der Waals surface area contributed by atoms with Gasteiger partial charge in [-0.25, -0.2) is 13.6 Å². The molecule has 0 fully saturated rings. The number of rotatable bonds is 3. The van der Waals surface area contributed by atoms with Crippen molar-refractivity contribution in [2.45, 2.75) is 13.8 Å². The second-order valence-electron chi connectivity index (χ2n) is 2.55. The lowest BCUT2D eigenvalue weighted by Crippen LogP contribution is -2.39. The molecule has 0 spiro atoms. The topological polar surface area (TPSA) is 86.7 Å². The summed E-state index contributed by atoms with van der Waals surface area (Å²) in [6, 6.07) is 0. The third kappa shape index (κ3) is 14.6. The maximum absolute atomic E-state index is 9.22. The lowest BCUT2D eigenvalue weighted by molar-refractivity contribution is -1.08. The minimum atomic E-state index is -4.41. The fourth-order valence-electron chi connectivity index (χ4n) is 0.224. The number of hydrogen-bond donors (Lipinski definition) is 1. The Kier molecular flexibility index (Phi) is 7.37. The molecule has 7 heteroatoms. The second-order valence-corrected chi connectivity index (χ2v) is 3.70. The van der Waals surface area contributed by atoms with E-state index in [0.29, 0.717) is 0 Å². The molecule has 0 atom stereocenters. The summed E-state index contributed by atoms with van der Waals surface area (Å²) >= 11 is 0. The van der Waals surface area contributed by atoms with Crippen LogP contribution in [0.4, 0.5) is 0 Å². The Hall–Kier alpha value is -0.210. The maximum atomic E-state index is 9.22. The summed E-state index contributed by atoms with van der Waals surface area (Å²) in [5.74, 6) is 0. The third-order valence-electron chi connectivity index (χ3n) is 1.57. The molecule has 0 radical (unpaired) electrons. The Morgan fingerprint density at radius 1 is 1.38 bits per heavy atom. The summed E-state index contributed by atoms with van der Waals surface area (Å²) in [5.41, 5.74) is 0. The van der Waals surface area contributed by atoms with Gasteiger partial charge in [-0.1, -0.05) is 0 Å². The van der Waals surface area contributed by atoms with Gasteiger partial charge in [-0.05, 0) is 13.8 Å². The number of quaternary nitrogens is 1. The van der Waals surface area contributed by atoms with Crippen molar-refractivity contribution in [2.24, 2.45) is 0 Å². The highest BCUT2D eigenvalue weighted by molar-refractivity contribution is 7.80. The van der Waals surface area contributed by atoms with Crippen molar-refractivity contribution < 1.29 is 27.0 Å². The molecule has 0 heterocycles. The van der Waals surface area contributed by atoms with Gasteiger partial charge in [-0.3, -0.25) is 4.18 Å². The fourth-order valence-corrected chi connectivity index (χ4v) is 0.224. The van der Waals surface area contributed by atoms with Crippen molar-refractivity contribution in [1.82, 2.24) is 0 Å². The zero-order valence-corrected chi connectivity index (χ0v) is 9.17. The Bertz CT molecular complexity index is 205. The van der Waals surface area contributed by atoms with Crippen molar-refractivity contribution >= 4 is 10.4 Å². The molecule has 0 amide bonds. The first-order valence-corrected chi connectivity index (χ1v) is 5.10. The average molecular weight is 215 g/mol. The van der Waals surface area contributed by atoms with E-state index in [4.69, 9.17) is 5.21 Å². The van der Waals surface area contributed by atoms with Crippen LogP contribution in [0.3, 0.4) is 0 Å². The summed E-state index contributed by atoms with van der Waals surface area (Å²) in [6.07, 6.45) is 0. The zero-order chi connectivity index (χ0) is 11.1. The molecule has 0 aromatic heterocycles. The number of hydrogen-bond acceptors (Lipinski definition) is 5. The number of nitrogens with zero attached hydrogens (tertiary/aromatic N) is 1. The molecule has 0 aromatic carbocycles. The molecule has 0 aliphatic heterocycles. The van der Waals surface area contributed by atoms with Gasteiger partial charge >= 0.3 is 0 Å². The Labute approximate surface area is 79.2 Å². The largest absolute Gasteiger partial charge is 0.726 e. The van der Waals surface area contributed by atoms with Gasteiger partial charge in [0.25, 0.3) is 0 Å². The Morgan fingerprint density at radius 2 is 1.62 bits per heavy atom. The highest BCUT2D eigenvalue weighted by atomic mass is 32.3. The van der Waals surface area contributed by atoms with Gasteiger partial charge in [0.1, 0.15) is 13.1 Å². The van der Waals surface area contributed by atoms with Crippen LogP contribution in [0.1, 0.15) is 13.8 Å². The van der Waals surface area contributed by atoms with Crippen LogP contribution < -0.4 is 0 Å². The first-order valence-electron chi connectivity index (χ1n) is 3.77. The fraction of sp³-hybridized carbons (Fsp3) is 1.00. The highest BCUT2D eigenvalue weighted by Gasteiger charge is 2.09. The van der Waals surface area contributed by atoms with E-state index < -0.39 is 10.4 Å². The first kappa shape index (κ1) is 15.3. The SMILES string of the molecule is CC[N+](C)(O)CC.COS(=O)(=O)[O-]. The van der Waals surface area contributed by atoms with Gasteiger partial charge in [0, 0.05) is 0 Å². The van der Waals surface area contributed by atoms with E-state index in [-0.39, 0.29) is 4.65 Å². The molecule has 0 bridgehead atoms. The van der Waals surface area contributed by atoms with Gasteiger partial charge in [0.2, 0.25) is 10.4 Å². The summed E-state index contributed by atoms with van der Waals surface area (Å²) in [6.45, 7) is 5.50. The quantitative estimate of drug-likeness (QED) is 0.309. The van der Waals surface area contributed by atoms with Crippen LogP contribution >= 0.6 is 0 Å². The minimum Gasteiger partial charge on any atom is -0.726 e. The summed E-state index contributed by atoms with van der Waals surface area (Å²) < 4.78 is 31.2. The first-order chi connectivity index (χ1) is 5.68. The monoisotopic (exact) mass is 215 g/mol. The maximum Gasteiger partial charge on any atom is 0.217 e. The normalized spacial score (nSPS) is 11.8. The zero-order valence-electron chi connectivity index (χ0n) is 8.35. The molecule has 6 nitrogen and oxygen atoms in total. The van der Waals surface area contributed by atoms with Crippen LogP contribution in [0.2, 0.25) is 0 Å². The minimum absolute atomic E-state index is 0.139. The average Bonchev–Trinajstić information content (AvgIpc) is 2.04. The third-order valence-corrected chi connectivity index (χ3v) is 1.97. The Morgan fingerprint density at radius 3 is 1.62 bits per heavy atom. The van der Waals surface area contributed by atoms with Gasteiger partial charge < -0.3 is 4.55 Å². The van der Waals surface area contributed by atoms with Crippen LogP contribution in [0, 0.1) is 0 Å². The van der Waals surface area contributed by atoms with Crippen LogP contribution in [-0.4, -0.2) is 50.1 Å². The van der Waals surface area contributed by atoms with E-state index in [1.54, 1.807) is 7.05 Å². The lowest BCUT2D eigenvalue weighted by atomic mass is 10.6. The van der Waals surface area contributed by atoms with E-state index in [9.17, 15) is 13.0 Å². The van der Waals surface area contributed by atoms with E-state index in [2.05, 4.69) is 4.18 Å². The van der Waals surface area contributed by atoms with Gasteiger partial charge in [0.05, 0.1) is 14.2 Å². The number of hydroxylamine groups is 3. The molecule has 1 N–H and O–H groups in total. The van der Waals surface area contributed by atoms with E-state index in [0.717, 1.165) is 20.2 Å². The molecule has 0 unspecified atom stereocenters. The smallest absolute Gasteiger partial charge is 0.217 e. The van der Waals surface area contributed by atoms with Gasteiger partial charge in [-0.2, -0.15) is 4.65 Å². The summed E-state index contributed by atoms with van der Waals surface area (Å²) in [7, 11) is -1.81. The van der Waals surface area contributed by atoms with Gasteiger partial charge in [0.15, 0.2) is 0 Å². The Balaban J connectivity index is 0. The molecule has 13 heavy (non-hydrogen) atoms. The van der Waals surface area contributed by atoms with Gasteiger partial charge in [-0.15, -0.1) is 0 Å². The molecular formula is C6H17NO5S. The highest BCUT2D eigenvalue weighted by Crippen LogP contribution is 1.90. The predicted molar refractivity (Wildman–Crippen MR) is 45.8 cm³/mol. The van der Waals surface area contributed by atoms with E-state index >= 15 is 0 Å². The van der Waals surface area contributed by atoms with Crippen molar-refractivity contribution in [3.63, 3.8) is 0 Å². The lowest BCUT2D eigenvalue weighted by Gasteiger charge is -2.20. The van der Waals surface area contributed by atoms with E-state index in [1.807, 2.05) is 13.8 Å². The second kappa shape index (κ2) is 6.28. The molecule has 0 aliphatic carbocycles. The van der Waals surface area contributed by atoms with Crippen molar-refractivity contribution in [2.75, 3.05) is 27.2 Å². The van der Waals surface area contributed by atoms with Crippen molar-refractivity contribution in [1.29, 1.82) is 0 Å². The summed E-state index contributed by atoms with van der Waals surface area (Å²) in [5, 5.41) is 9.07. The standard InChI is InChI=1S/C5H14NO.CH4O4S/c1-4-6(3,7)5-2;1-5-6(2,3)4/h7H,4-5H2,1-3H3;1H3,(H,2,3,4)/q+1;/p-1. The molecule has 0 rings (SSSR count). The van der Waals surface area contributed by atoms with Crippen molar-refractivity contribution in [3.8, 4) is 0 Å². The summed E-state index contributed by atoms with van der Waals surface area (Å²) in [4.78, 5) is 0. The van der Waals surface area contributed by atoms with Crippen LogP contribution in [0.25, 0.3) is 0 Å². The van der Waals surface area contributed by atoms with E-state index in [1.165, 1.54) is 0 Å². The molecule has 0 aromatic rings. The van der Waals surface area contributed by atoms with Crippen LogP contribution in [0.15, 0.2) is 0 Å². The molecule has 0 aliphatic rings. The molecule has 0 saturated carbocycles. The van der Waals surface area contributed by atoms with Crippen LogP contribution in [-0.2, 0) is 14.6 Å². The van der Waals surface area contributed by atoms with Crippen molar-refractivity contribution in [3.05, 3.63) is 0 Å². The molecule has 0 saturated heterocycles. The predicted octanol–water partition coefficient (Wildman–Crippen LogP) is -0.0450.